The summed E-state index contributed by atoms with van der Waals surface area (Å²) >= 11 is 0. The van der Waals surface area contributed by atoms with Gasteiger partial charge in [-0.25, -0.2) is 27.3 Å². The smallest absolute Gasteiger partial charge is 0.243 e. The Morgan fingerprint density at radius 3 is 2.79 bits per heavy atom. The summed E-state index contributed by atoms with van der Waals surface area (Å²) in [6, 6.07) is 5.36. The minimum atomic E-state index is -3.47. The van der Waals surface area contributed by atoms with Gasteiger partial charge in [0.1, 0.15) is 11.6 Å². The standard InChI is InChI=1S/C19H22N6O3S/c1-12-11-28-9-8-24(12)18-15-5-7-25(29(26,27)14-2-3-14)19(15)23-17(22-18)13-4-6-21-16(20)10-13/h4-7,10,12,14H,2-3,8-9,11H2,1H3,(H2,20,21)/t12-/m1/s1. The number of hydrogen-bond acceptors (Lipinski definition) is 8. The van der Waals surface area contributed by atoms with Crippen molar-refractivity contribution < 1.29 is 13.2 Å². The van der Waals surface area contributed by atoms with E-state index in [2.05, 4.69) is 21.8 Å². The Hall–Kier alpha value is -2.72. The molecule has 0 aromatic carbocycles. The van der Waals surface area contributed by atoms with Crippen molar-refractivity contribution in [2.75, 3.05) is 30.4 Å². The maximum atomic E-state index is 13.0. The van der Waals surface area contributed by atoms with Gasteiger partial charge < -0.3 is 15.4 Å². The van der Waals surface area contributed by atoms with Crippen LogP contribution in [0.15, 0.2) is 30.6 Å². The fraction of sp³-hybridized carbons (Fsp3) is 0.421. The molecule has 0 amide bonds. The van der Waals surface area contributed by atoms with E-state index in [0.29, 0.717) is 66.7 Å². The van der Waals surface area contributed by atoms with E-state index in [0.717, 1.165) is 0 Å². The first-order chi connectivity index (χ1) is 13.9. The van der Waals surface area contributed by atoms with Crippen molar-refractivity contribution in [2.24, 2.45) is 0 Å². The molecule has 0 radical (unpaired) electrons. The number of morpholine rings is 1. The van der Waals surface area contributed by atoms with E-state index in [9.17, 15) is 8.42 Å². The van der Waals surface area contributed by atoms with E-state index in [1.807, 2.05) is 0 Å². The second-order valence-corrected chi connectivity index (χ2v) is 9.64. The van der Waals surface area contributed by atoms with Gasteiger partial charge in [-0.3, -0.25) is 0 Å². The van der Waals surface area contributed by atoms with Gasteiger partial charge in [-0.15, -0.1) is 0 Å². The molecule has 2 fully saturated rings. The average Bonchev–Trinajstić information content (AvgIpc) is 3.48. The Bertz CT molecular complexity index is 1190. The molecule has 9 nitrogen and oxygen atoms in total. The number of nitrogens with two attached hydrogens (primary N) is 1. The van der Waals surface area contributed by atoms with Crippen molar-refractivity contribution in [2.45, 2.75) is 31.1 Å². The molecule has 0 spiro atoms. The number of nitrogens with zero attached hydrogens (tertiary/aromatic N) is 5. The largest absolute Gasteiger partial charge is 0.384 e. The topological polar surface area (TPSA) is 116 Å². The van der Waals surface area contributed by atoms with Crippen molar-refractivity contribution >= 4 is 32.7 Å². The molecule has 3 aromatic rings. The molecule has 5 rings (SSSR count). The zero-order chi connectivity index (χ0) is 20.2. The number of ether oxygens (including phenoxy) is 1. The molecule has 29 heavy (non-hydrogen) atoms. The van der Waals surface area contributed by atoms with Crippen LogP contribution in [0.3, 0.4) is 0 Å². The normalized spacial score (nSPS) is 20.3. The lowest BCUT2D eigenvalue weighted by Crippen LogP contribution is -2.44. The molecule has 3 aromatic heterocycles. The summed E-state index contributed by atoms with van der Waals surface area (Å²) in [5.74, 6) is 1.49. The predicted octanol–water partition coefficient (Wildman–Crippen LogP) is 1.64. The molecule has 1 saturated heterocycles. The highest BCUT2D eigenvalue weighted by molar-refractivity contribution is 7.91. The quantitative estimate of drug-likeness (QED) is 0.685. The second-order valence-electron chi connectivity index (χ2n) is 7.55. The van der Waals surface area contributed by atoms with Crippen LogP contribution in [0.1, 0.15) is 19.8 Å². The lowest BCUT2D eigenvalue weighted by atomic mass is 10.2. The Labute approximate surface area is 168 Å². The van der Waals surface area contributed by atoms with Crippen LogP contribution in [0.2, 0.25) is 0 Å². The number of anilines is 2. The second kappa shape index (κ2) is 6.67. The molecule has 0 bridgehead atoms. The number of pyridine rings is 1. The monoisotopic (exact) mass is 414 g/mol. The van der Waals surface area contributed by atoms with Crippen LogP contribution in [-0.2, 0) is 14.8 Å². The number of nitrogen functional groups attached to an aromatic ring is 1. The Balaban J connectivity index is 1.75. The lowest BCUT2D eigenvalue weighted by Gasteiger charge is -2.34. The SMILES string of the molecule is C[C@@H]1COCCN1c1nc(-c2ccnc(N)c2)nc2c1ccn2S(=O)(=O)C1CC1. The summed E-state index contributed by atoms with van der Waals surface area (Å²) in [7, 11) is -3.47. The van der Waals surface area contributed by atoms with Gasteiger partial charge in [-0.05, 0) is 38.0 Å². The number of hydrogen-bond donors (Lipinski definition) is 1. The van der Waals surface area contributed by atoms with Gasteiger partial charge in [0.15, 0.2) is 11.5 Å². The van der Waals surface area contributed by atoms with E-state index >= 15 is 0 Å². The number of fused-ring (bicyclic) bond motifs is 1. The molecule has 0 unspecified atom stereocenters. The molecule has 2 N–H and O–H groups in total. The van der Waals surface area contributed by atoms with E-state index in [4.69, 9.17) is 15.5 Å². The molecule has 10 heteroatoms. The van der Waals surface area contributed by atoms with Gasteiger partial charge in [0, 0.05) is 24.5 Å². The summed E-state index contributed by atoms with van der Waals surface area (Å²) in [6.45, 7) is 3.92. The zero-order valence-corrected chi connectivity index (χ0v) is 16.8. The van der Waals surface area contributed by atoms with Gasteiger partial charge in [-0.2, -0.15) is 0 Å². The first-order valence-corrected chi connectivity index (χ1v) is 11.2. The maximum absolute atomic E-state index is 13.0. The van der Waals surface area contributed by atoms with Crippen LogP contribution >= 0.6 is 0 Å². The molecule has 1 aliphatic heterocycles. The van der Waals surface area contributed by atoms with Crippen molar-refractivity contribution in [3.8, 4) is 11.4 Å². The van der Waals surface area contributed by atoms with Crippen LogP contribution < -0.4 is 10.6 Å². The first-order valence-electron chi connectivity index (χ1n) is 9.65. The summed E-state index contributed by atoms with van der Waals surface area (Å²) < 4.78 is 32.8. The van der Waals surface area contributed by atoms with Crippen molar-refractivity contribution in [3.63, 3.8) is 0 Å². The average molecular weight is 414 g/mol. The van der Waals surface area contributed by atoms with Crippen molar-refractivity contribution in [1.29, 1.82) is 0 Å². The van der Waals surface area contributed by atoms with Crippen molar-refractivity contribution in [1.82, 2.24) is 18.9 Å². The Morgan fingerprint density at radius 2 is 2.07 bits per heavy atom. The molecular weight excluding hydrogens is 392 g/mol. The lowest BCUT2D eigenvalue weighted by molar-refractivity contribution is 0.0987. The van der Waals surface area contributed by atoms with Gasteiger partial charge in [0.2, 0.25) is 10.0 Å². The van der Waals surface area contributed by atoms with Gasteiger partial charge in [0.05, 0.1) is 29.9 Å². The summed E-state index contributed by atoms with van der Waals surface area (Å²) in [5, 5.41) is 0.382. The minimum absolute atomic E-state index is 0.112. The fourth-order valence-corrected chi connectivity index (χ4v) is 5.35. The fourth-order valence-electron chi connectivity index (χ4n) is 3.69. The highest BCUT2D eigenvalue weighted by Gasteiger charge is 2.38. The number of aromatic nitrogens is 4. The minimum Gasteiger partial charge on any atom is -0.384 e. The Kier molecular flexibility index (Phi) is 4.21. The van der Waals surface area contributed by atoms with E-state index in [1.54, 1.807) is 30.6 Å². The molecule has 1 saturated carbocycles. The molecule has 2 aliphatic rings. The molecule has 152 valence electrons. The molecule has 1 aliphatic carbocycles. The summed E-state index contributed by atoms with van der Waals surface area (Å²) in [4.78, 5) is 15.6. The third-order valence-electron chi connectivity index (χ3n) is 5.39. The van der Waals surface area contributed by atoms with Crippen molar-refractivity contribution in [3.05, 3.63) is 30.6 Å². The van der Waals surface area contributed by atoms with Crippen LogP contribution in [0.4, 0.5) is 11.6 Å². The molecule has 1 atom stereocenters. The van der Waals surface area contributed by atoms with E-state index < -0.39 is 10.0 Å². The summed E-state index contributed by atoms with van der Waals surface area (Å²) in [6.07, 6.45) is 4.56. The van der Waals surface area contributed by atoms with Crippen LogP contribution in [0.5, 0.6) is 0 Å². The van der Waals surface area contributed by atoms with Gasteiger partial charge in [-0.1, -0.05) is 0 Å². The van der Waals surface area contributed by atoms with Gasteiger partial charge in [0.25, 0.3) is 0 Å². The highest BCUT2D eigenvalue weighted by atomic mass is 32.2. The van der Waals surface area contributed by atoms with Gasteiger partial charge >= 0.3 is 0 Å². The Morgan fingerprint density at radius 1 is 1.24 bits per heavy atom. The highest BCUT2D eigenvalue weighted by Crippen LogP contribution is 2.35. The molecular formula is C19H22N6O3S. The number of rotatable bonds is 4. The first kappa shape index (κ1) is 18.3. The van der Waals surface area contributed by atoms with Crippen LogP contribution in [0, 0.1) is 0 Å². The summed E-state index contributed by atoms with van der Waals surface area (Å²) in [5.41, 5.74) is 6.93. The van der Waals surface area contributed by atoms with E-state index in [-0.39, 0.29) is 11.3 Å². The van der Waals surface area contributed by atoms with E-state index in [1.165, 1.54) is 3.97 Å². The van der Waals surface area contributed by atoms with Crippen LogP contribution in [-0.4, -0.2) is 58.4 Å². The van der Waals surface area contributed by atoms with Crippen LogP contribution in [0.25, 0.3) is 22.4 Å². The third kappa shape index (κ3) is 3.12. The predicted molar refractivity (Wildman–Crippen MR) is 110 cm³/mol. The maximum Gasteiger partial charge on any atom is 0.243 e. The molecule has 4 heterocycles. The zero-order valence-electron chi connectivity index (χ0n) is 16.0. The third-order valence-corrected chi connectivity index (χ3v) is 7.55.